The largest absolute Gasteiger partial charge is 0.507 e. The van der Waals surface area contributed by atoms with Gasteiger partial charge in [-0.2, -0.15) is 0 Å². The third kappa shape index (κ3) is 4.41. The van der Waals surface area contributed by atoms with Crippen LogP contribution in [-0.2, 0) is 0 Å². The number of anilines is 2. The maximum atomic E-state index is 13.6. The predicted octanol–water partition coefficient (Wildman–Crippen LogP) is 3.09. The molecule has 1 aliphatic carbocycles. The lowest BCUT2D eigenvalue weighted by atomic mass is 9.81. The summed E-state index contributed by atoms with van der Waals surface area (Å²) < 4.78 is 0. The molecule has 4 rings (SSSR count). The Kier molecular flexibility index (Phi) is 6.58. The number of hydrogen-bond acceptors (Lipinski definition) is 8. The molecule has 2 aromatic carbocycles. The first-order chi connectivity index (χ1) is 15.8. The summed E-state index contributed by atoms with van der Waals surface area (Å²) in [5, 5.41) is 27.4. The summed E-state index contributed by atoms with van der Waals surface area (Å²) in [6.45, 7) is 5.57. The van der Waals surface area contributed by atoms with Crippen molar-refractivity contribution in [2.24, 2.45) is 0 Å². The molecular weight excluding hydrogens is 420 g/mol. The summed E-state index contributed by atoms with van der Waals surface area (Å²) in [5.41, 5.74) is 1.20. The summed E-state index contributed by atoms with van der Waals surface area (Å²) in [6.07, 6.45) is 3.57. The van der Waals surface area contributed by atoms with Crippen LogP contribution in [0.3, 0.4) is 0 Å². The van der Waals surface area contributed by atoms with E-state index >= 15 is 0 Å². The minimum atomic E-state index is -0.485. The van der Waals surface area contributed by atoms with Gasteiger partial charge in [0, 0.05) is 24.5 Å². The highest BCUT2D eigenvalue weighted by Crippen LogP contribution is 2.42. The molecule has 176 valence electrons. The molecule has 1 heterocycles. The van der Waals surface area contributed by atoms with Crippen LogP contribution in [0, 0.1) is 0 Å². The van der Waals surface area contributed by atoms with Crippen LogP contribution < -0.4 is 10.6 Å². The first-order valence-electron chi connectivity index (χ1n) is 11.5. The second kappa shape index (κ2) is 9.41. The summed E-state index contributed by atoms with van der Waals surface area (Å²) in [5.74, 6) is -1.59. The molecule has 0 saturated carbocycles. The van der Waals surface area contributed by atoms with Crippen molar-refractivity contribution in [3.8, 4) is 11.5 Å². The molecular formula is C25H32N4O4. The van der Waals surface area contributed by atoms with Crippen molar-refractivity contribution in [1.82, 2.24) is 9.80 Å². The number of benzene rings is 2. The number of hydrogen-bond donors (Lipinski definition) is 4. The standard InChI is InChI=1S/C25H32N4O4/c1-15(28(2)3)27-17-8-7-16(26-11-14-29-12-5-4-6-13-29)20-21(17)25(33)23-19(31)10-9-18(30)22(23)24(20)32/h7-10,15,26-27,30-31H,4-6,11-14H2,1-3H3. The van der Waals surface area contributed by atoms with Gasteiger partial charge < -0.3 is 25.7 Å². The van der Waals surface area contributed by atoms with Gasteiger partial charge in [-0.3, -0.25) is 14.5 Å². The fraction of sp³-hybridized carbons (Fsp3) is 0.440. The molecule has 0 spiro atoms. The number of likely N-dealkylation sites (tertiary alicyclic amines) is 1. The van der Waals surface area contributed by atoms with Crippen LogP contribution in [0.2, 0.25) is 0 Å². The molecule has 0 radical (unpaired) electrons. The van der Waals surface area contributed by atoms with E-state index in [2.05, 4.69) is 15.5 Å². The molecule has 8 heteroatoms. The number of aromatic hydroxyl groups is 2. The van der Waals surface area contributed by atoms with E-state index in [4.69, 9.17) is 0 Å². The number of nitrogens with one attached hydrogen (secondary N) is 2. The molecule has 1 fully saturated rings. The van der Waals surface area contributed by atoms with Crippen molar-refractivity contribution in [2.75, 3.05) is 50.9 Å². The second-order valence-corrected chi connectivity index (χ2v) is 9.04. The molecule has 2 aliphatic rings. The average molecular weight is 453 g/mol. The van der Waals surface area contributed by atoms with Crippen molar-refractivity contribution < 1.29 is 19.8 Å². The zero-order valence-corrected chi connectivity index (χ0v) is 19.4. The highest BCUT2D eigenvalue weighted by atomic mass is 16.3. The normalized spacial score (nSPS) is 17.0. The second-order valence-electron chi connectivity index (χ2n) is 9.04. The van der Waals surface area contributed by atoms with Gasteiger partial charge in [-0.05, 0) is 71.2 Å². The molecule has 0 amide bonds. The topological polar surface area (TPSA) is 105 Å². The van der Waals surface area contributed by atoms with Gasteiger partial charge in [-0.15, -0.1) is 0 Å². The minimum Gasteiger partial charge on any atom is -0.507 e. The molecule has 0 bridgehead atoms. The van der Waals surface area contributed by atoms with E-state index in [1.807, 2.05) is 25.9 Å². The number of phenolic OH excluding ortho intramolecular Hbond substituents is 2. The van der Waals surface area contributed by atoms with E-state index < -0.39 is 11.6 Å². The number of piperidine rings is 1. The third-order valence-electron chi connectivity index (χ3n) is 6.61. The Morgan fingerprint density at radius 2 is 1.42 bits per heavy atom. The van der Waals surface area contributed by atoms with Gasteiger partial charge in [0.1, 0.15) is 11.5 Å². The molecule has 1 saturated heterocycles. The van der Waals surface area contributed by atoms with Crippen molar-refractivity contribution in [1.29, 1.82) is 0 Å². The Bertz CT molecular complexity index is 1080. The number of nitrogens with zero attached hydrogens (tertiary/aromatic N) is 2. The molecule has 4 N–H and O–H groups in total. The predicted molar refractivity (Wildman–Crippen MR) is 129 cm³/mol. The van der Waals surface area contributed by atoms with Crippen LogP contribution in [-0.4, -0.2) is 78.0 Å². The lowest BCUT2D eigenvalue weighted by molar-refractivity contribution is 0.0975. The summed E-state index contributed by atoms with van der Waals surface area (Å²) in [7, 11) is 3.82. The quantitative estimate of drug-likeness (QED) is 0.320. The number of ketones is 2. The number of fused-ring (bicyclic) bond motifs is 2. The van der Waals surface area contributed by atoms with Gasteiger partial charge in [0.15, 0.2) is 0 Å². The molecule has 1 unspecified atom stereocenters. The first-order valence-corrected chi connectivity index (χ1v) is 11.5. The molecule has 0 aromatic heterocycles. The summed E-state index contributed by atoms with van der Waals surface area (Å²) in [4.78, 5) is 31.5. The number of rotatable bonds is 7. The Morgan fingerprint density at radius 1 is 0.879 bits per heavy atom. The van der Waals surface area contributed by atoms with Gasteiger partial charge in [-0.25, -0.2) is 0 Å². The maximum absolute atomic E-state index is 13.6. The van der Waals surface area contributed by atoms with Crippen LogP contribution in [0.1, 0.15) is 58.0 Å². The van der Waals surface area contributed by atoms with E-state index in [9.17, 15) is 19.8 Å². The summed E-state index contributed by atoms with van der Waals surface area (Å²) >= 11 is 0. The van der Waals surface area contributed by atoms with E-state index in [-0.39, 0.29) is 39.9 Å². The summed E-state index contributed by atoms with van der Waals surface area (Å²) in [6, 6.07) is 6.07. The Hall–Kier alpha value is -3.10. The van der Waals surface area contributed by atoms with Crippen molar-refractivity contribution in [3.05, 3.63) is 46.5 Å². The maximum Gasteiger partial charge on any atom is 0.200 e. The van der Waals surface area contributed by atoms with E-state index in [0.29, 0.717) is 17.9 Å². The lowest BCUT2D eigenvalue weighted by Gasteiger charge is -2.29. The number of phenols is 2. The zero-order chi connectivity index (χ0) is 23.7. The van der Waals surface area contributed by atoms with Crippen molar-refractivity contribution in [3.63, 3.8) is 0 Å². The van der Waals surface area contributed by atoms with Crippen LogP contribution >= 0.6 is 0 Å². The lowest BCUT2D eigenvalue weighted by Crippen LogP contribution is -2.35. The van der Waals surface area contributed by atoms with Gasteiger partial charge >= 0.3 is 0 Å². The third-order valence-corrected chi connectivity index (χ3v) is 6.61. The zero-order valence-electron chi connectivity index (χ0n) is 19.4. The Balaban J connectivity index is 1.73. The molecule has 1 aliphatic heterocycles. The average Bonchev–Trinajstić information content (AvgIpc) is 2.80. The smallest absolute Gasteiger partial charge is 0.200 e. The Labute approximate surface area is 194 Å². The van der Waals surface area contributed by atoms with E-state index in [0.717, 1.165) is 19.6 Å². The highest BCUT2D eigenvalue weighted by Gasteiger charge is 2.38. The van der Waals surface area contributed by atoms with Crippen LogP contribution in [0.15, 0.2) is 24.3 Å². The van der Waals surface area contributed by atoms with Crippen molar-refractivity contribution in [2.45, 2.75) is 32.4 Å². The van der Waals surface area contributed by atoms with E-state index in [1.165, 1.54) is 31.4 Å². The van der Waals surface area contributed by atoms with Gasteiger partial charge in [0.05, 0.1) is 28.4 Å². The van der Waals surface area contributed by atoms with Crippen LogP contribution in [0.25, 0.3) is 0 Å². The SMILES string of the molecule is CC(Nc1ccc(NCCN2CCCCC2)c2c1C(=O)c1c(O)ccc(O)c1C2=O)N(C)C. The van der Waals surface area contributed by atoms with Crippen LogP contribution in [0.5, 0.6) is 11.5 Å². The van der Waals surface area contributed by atoms with Gasteiger partial charge in [0.25, 0.3) is 0 Å². The molecule has 8 nitrogen and oxygen atoms in total. The first kappa shape index (κ1) is 23.1. The fourth-order valence-electron chi connectivity index (χ4n) is 4.52. The van der Waals surface area contributed by atoms with Crippen LogP contribution in [0.4, 0.5) is 11.4 Å². The van der Waals surface area contributed by atoms with Gasteiger partial charge in [0.2, 0.25) is 11.6 Å². The fourth-order valence-corrected chi connectivity index (χ4v) is 4.52. The van der Waals surface area contributed by atoms with Gasteiger partial charge in [-0.1, -0.05) is 6.42 Å². The van der Waals surface area contributed by atoms with E-state index in [1.54, 1.807) is 12.1 Å². The molecule has 33 heavy (non-hydrogen) atoms. The number of carbonyl (C=O) groups excluding carboxylic acids is 2. The Morgan fingerprint density at radius 3 is 2.00 bits per heavy atom. The molecule has 1 atom stereocenters. The van der Waals surface area contributed by atoms with Crippen molar-refractivity contribution >= 4 is 22.9 Å². The number of carbonyl (C=O) groups is 2. The minimum absolute atomic E-state index is 0.103. The molecule has 2 aromatic rings. The highest BCUT2D eigenvalue weighted by molar-refractivity contribution is 6.33. The monoisotopic (exact) mass is 452 g/mol.